The zero-order chi connectivity index (χ0) is 19.2. The highest BCUT2D eigenvalue weighted by atomic mass is 32.2. The van der Waals surface area contributed by atoms with Crippen LogP contribution in [-0.4, -0.2) is 8.42 Å². The van der Waals surface area contributed by atoms with Crippen LogP contribution in [0.1, 0.15) is 63.8 Å². The second kappa shape index (κ2) is 6.28. The predicted octanol–water partition coefficient (Wildman–Crippen LogP) is 5.33. The van der Waals surface area contributed by atoms with Crippen molar-refractivity contribution in [3.05, 3.63) is 58.7 Å². The van der Waals surface area contributed by atoms with E-state index >= 15 is 0 Å². The third-order valence-corrected chi connectivity index (χ3v) is 6.45. The second-order valence-corrected chi connectivity index (χ2v) is 10.7. The van der Waals surface area contributed by atoms with Gasteiger partial charge in [0.2, 0.25) is 9.84 Å². The number of hydrogen-bond donors (Lipinski definition) is 0. The van der Waals surface area contributed by atoms with Gasteiger partial charge in [-0.1, -0.05) is 41.5 Å². The van der Waals surface area contributed by atoms with Gasteiger partial charge in [0.15, 0.2) is 0 Å². The van der Waals surface area contributed by atoms with Gasteiger partial charge in [-0.2, -0.15) is 0 Å². The fraction of sp³-hybridized carbons (Fsp3) is 0.455. The van der Waals surface area contributed by atoms with Gasteiger partial charge in [-0.25, -0.2) is 8.42 Å². The molecule has 0 aromatic heterocycles. The molecule has 0 aliphatic carbocycles. The van der Waals surface area contributed by atoms with Crippen molar-refractivity contribution in [2.75, 3.05) is 0 Å². The number of aryl methyl sites for hydroxylation is 2. The molecule has 0 bridgehead atoms. The van der Waals surface area contributed by atoms with Gasteiger partial charge in [-0.05, 0) is 83.3 Å². The molecule has 2 aromatic carbocycles. The van der Waals surface area contributed by atoms with Crippen LogP contribution in [0.5, 0.6) is 0 Å². The van der Waals surface area contributed by atoms with Crippen LogP contribution in [0.3, 0.4) is 0 Å². The number of rotatable bonds is 2. The Morgan fingerprint density at radius 2 is 1.04 bits per heavy atom. The molecular formula is C22H28O2S. The summed E-state index contributed by atoms with van der Waals surface area (Å²) in [5.41, 5.74) is 2.91. The Morgan fingerprint density at radius 1 is 0.720 bits per heavy atom. The van der Waals surface area contributed by atoms with Crippen molar-refractivity contribution in [3.8, 4) is 0 Å². The summed E-state index contributed by atoms with van der Waals surface area (Å²) in [4.78, 5) is 0.732. The normalized spacial score (nSPS) is 13.1. The monoisotopic (exact) mass is 356 g/mol. The van der Waals surface area contributed by atoms with E-state index in [1.807, 2.05) is 13.8 Å². The van der Waals surface area contributed by atoms with E-state index in [1.54, 1.807) is 24.3 Å². The van der Waals surface area contributed by atoms with Gasteiger partial charge in [0.05, 0.1) is 9.79 Å². The van der Waals surface area contributed by atoms with Crippen LogP contribution in [0, 0.1) is 26.0 Å². The molecule has 0 aliphatic heterocycles. The van der Waals surface area contributed by atoms with Crippen LogP contribution in [0.2, 0.25) is 0 Å². The molecule has 0 N–H and O–H groups in total. The molecule has 0 atom stereocenters. The first-order valence-corrected chi connectivity index (χ1v) is 10.0. The summed E-state index contributed by atoms with van der Waals surface area (Å²) in [6.07, 6.45) is 0. The van der Waals surface area contributed by atoms with E-state index in [2.05, 4.69) is 53.7 Å². The third-order valence-electron chi connectivity index (χ3n) is 4.41. The van der Waals surface area contributed by atoms with Crippen molar-refractivity contribution in [1.82, 2.24) is 0 Å². The third kappa shape index (κ3) is 3.98. The van der Waals surface area contributed by atoms with Crippen molar-refractivity contribution >= 4 is 9.84 Å². The number of benzene rings is 2. The van der Waals surface area contributed by atoms with Gasteiger partial charge in [0.1, 0.15) is 0 Å². The second-order valence-electron chi connectivity index (χ2n) is 8.79. The van der Waals surface area contributed by atoms with Crippen LogP contribution in [0.15, 0.2) is 34.1 Å². The number of sulfone groups is 1. The zero-order valence-electron chi connectivity index (χ0n) is 16.5. The molecule has 0 fully saturated rings. The maximum atomic E-state index is 13.4. The molecule has 2 radical (unpaired) electrons. The summed E-state index contributed by atoms with van der Waals surface area (Å²) in [6.45, 7) is 16.0. The van der Waals surface area contributed by atoms with Crippen molar-refractivity contribution in [2.24, 2.45) is 0 Å². The molecule has 0 spiro atoms. The Hall–Kier alpha value is -1.61. The van der Waals surface area contributed by atoms with Crippen LogP contribution >= 0.6 is 0 Å². The van der Waals surface area contributed by atoms with E-state index in [0.29, 0.717) is 9.79 Å². The van der Waals surface area contributed by atoms with E-state index in [0.717, 1.165) is 22.3 Å². The summed E-state index contributed by atoms with van der Waals surface area (Å²) in [5, 5.41) is 0. The van der Waals surface area contributed by atoms with Crippen LogP contribution < -0.4 is 0 Å². The first kappa shape index (κ1) is 19.7. The molecule has 25 heavy (non-hydrogen) atoms. The van der Waals surface area contributed by atoms with Crippen molar-refractivity contribution in [1.29, 1.82) is 0 Å². The van der Waals surface area contributed by atoms with Crippen LogP contribution in [0.25, 0.3) is 0 Å². The van der Waals surface area contributed by atoms with Gasteiger partial charge in [-0.3, -0.25) is 0 Å². The van der Waals surface area contributed by atoms with Crippen molar-refractivity contribution < 1.29 is 8.42 Å². The molecule has 0 saturated carbocycles. The van der Waals surface area contributed by atoms with Gasteiger partial charge in [-0.15, -0.1) is 0 Å². The number of hydrogen-bond acceptors (Lipinski definition) is 2. The highest BCUT2D eigenvalue weighted by Crippen LogP contribution is 2.33. The quantitative estimate of drug-likeness (QED) is 0.728. The Bertz CT molecular complexity index is 823. The lowest BCUT2D eigenvalue weighted by molar-refractivity contribution is 0.578. The van der Waals surface area contributed by atoms with Crippen LogP contribution in [0.4, 0.5) is 0 Å². The van der Waals surface area contributed by atoms with E-state index in [1.165, 1.54) is 0 Å². The van der Waals surface area contributed by atoms with E-state index in [4.69, 9.17) is 0 Å². The largest absolute Gasteiger partial charge is 0.218 e. The minimum atomic E-state index is -3.61. The molecule has 0 unspecified atom stereocenters. The Morgan fingerprint density at radius 3 is 1.32 bits per heavy atom. The first-order chi connectivity index (χ1) is 11.2. The predicted molar refractivity (Wildman–Crippen MR) is 103 cm³/mol. The minimum absolute atomic E-state index is 0.159. The summed E-state index contributed by atoms with van der Waals surface area (Å²) < 4.78 is 26.8. The highest BCUT2D eigenvalue weighted by molar-refractivity contribution is 7.91. The molecule has 0 heterocycles. The molecule has 0 aliphatic rings. The molecule has 3 heteroatoms. The summed E-state index contributed by atoms with van der Waals surface area (Å²) in [6, 6.07) is 13.6. The zero-order valence-corrected chi connectivity index (χ0v) is 17.4. The van der Waals surface area contributed by atoms with Gasteiger partial charge in [0.25, 0.3) is 0 Å². The smallest absolute Gasteiger partial charge is 0.207 e. The van der Waals surface area contributed by atoms with E-state index in [9.17, 15) is 8.42 Å². The molecule has 0 amide bonds. The van der Waals surface area contributed by atoms with Crippen LogP contribution in [-0.2, 0) is 20.7 Å². The van der Waals surface area contributed by atoms with Gasteiger partial charge < -0.3 is 0 Å². The lowest BCUT2D eigenvalue weighted by Gasteiger charge is -2.22. The average molecular weight is 357 g/mol. The van der Waals surface area contributed by atoms with E-state index in [-0.39, 0.29) is 10.8 Å². The first-order valence-electron chi connectivity index (χ1n) is 8.55. The van der Waals surface area contributed by atoms with E-state index < -0.39 is 9.84 Å². The van der Waals surface area contributed by atoms with Gasteiger partial charge in [0, 0.05) is 0 Å². The topological polar surface area (TPSA) is 34.1 Å². The fourth-order valence-electron chi connectivity index (χ4n) is 2.65. The maximum absolute atomic E-state index is 13.4. The lowest BCUT2D eigenvalue weighted by Crippen LogP contribution is -2.16. The van der Waals surface area contributed by atoms with Crippen molar-refractivity contribution in [2.45, 2.75) is 76.0 Å². The van der Waals surface area contributed by atoms with Crippen molar-refractivity contribution in [3.63, 3.8) is 0 Å². The minimum Gasteiger partial charge on any atom is -0.218 e. The summed E-state index contributed by atoms with van der Waals surface area (Å²) in [5.74, 6) is 0. The Labute approximate surface area is 153 Å². The van der Waals surface area contributed by atoms with Gasteiger partial charge >= 0.3 is 0 Å². The average Bonchev–Trinajstić information content (AvgIpc) is 2.45. The Balaban J connectivity index is 2.72. The highest BCUT2D eigenvalue weighted by Gasteiger charge is 2.26. The molecule has 2 nitrogen and oxygen atoms in total. The summed E-state index contributed by atoms with van der Waals surface area (Å²) >= 11 is 0. The summed E-state index contributed by atoms with van der Waals surface area (Å²) in [7, 11) is -3.61. The molecule has 2 aromatic rings. The Kier molecular flexibility index (Phi) is 4.95. The molecular weight excluding hydrogens is 328 g/mol. The molecule has 2 rings (SSSR count). The lowest BCUT2D eigenvalue weighted by atomic mass is 9.87. The molecule has 134 valence electrons. The SMILES string of the molecule is Cc1c[c]c(C(C)(C)C)cc1S(=O)(=O)c1cc(C(C)(C)C)[c]cc1C. The fourth-order valence-corrected chi connectivity index (χ4v) is 4.40. The maximum Gasteiger partial charge on any atom is 0.207 e. The standard InChI is InChI=1S/C22H28O2S/c1-15-9-11-17(21(3,4)5)13-19(15)25(23,24)20-14-18(22(6,7)8)12-10-16(20)2/h9-10,13-14H,1-8H3. The molecule has 0 saturated heterocycles.